The molecule has 1 rings (SSSR count). The number of hydrogen-bond donors (Lipinski definition) is 2. The summed E-state index contributed by atoms with van der Waals surface area (Å²) in [5.41, 5.74) is 6.26. The molecule has 0 aliphatic rings. The van der Waals surface area contributed by atoms with E-state index in [4.69, 9.17) is 22.1 Å². The Bertz CT molecular complexity index is 396. The Balaban J connectivity index is 2.79. The SMILES string of the molecule is CCCC(N)C(=O)Nc1cc(Cl)ccc1OC. The Morgan fingerprint density at radius 1 is 1.59 bits per heavy atom. The van der Waals surface area contributed by atoms with Gasteiger partial charge in [0.2, 0.25) is 5.91 Å². The molecule has 1 aromatic rings. The van der Waals surface area contributed by atoms with E-state index in [0.717, 1.165) is 6.42 Å². The molecule has 0 saturated carbocycles. The third kappa shape index (κ3) is 3.91. The molecule has 5 heteroatoms. The van der Waals surface area contributed by atoms with Crippen LogP contribution in [0.3, 0.4) is 0 Å². The van der Waals surface area contributed by atoms with Crippen LogP contribution in [0.1, 0.15) is 19.8 Å². The molecule has 0 aliphatic heterocycles. The molecular formula is C12H17ClN2O2. The molecule has 0 spiro atoms. The minimum Gasteiger partial charge on any atom is -0.495 e. The van der Waals surface area contributed by atoms with Crippen molar-refractivity contribution >= 4 is 23.2 Å². The number of carbonyl (C=O) groups excluding carboxylic acids is 1. The van der Waals surface area contributed by atoms with Crippen LogP contribution >= 0.6 is 11.6 Å². The van der Waals surface area contributed by atoms with Gasteiger partial charge in [0.1, 0.15) is 5.75 Å². The Hall–Kier alpha value is -1.26. The maximum atomic E-state index is 11.7. The maximum Gasteiger partial charge on any atom is 0.241 e. The van der Waals surface area contributed by atoms with Gasteiger partial charge in [-0.2, -0.15) is 0 Å². The number of methoxy groups -OCH3 is 1. The summed E-state index contributed by atoms with van der Waals surface area (Å²) >= 11 is 5.86. The van der Waals surface area contributed by atoms with E-state index < -0.39 is 6.04 Å². The van der Waals surface area contributed by atoms with Crippen LogP contribution in [-0.4, -0.2) is 19.1 Å². The Labute approximate surface area is 106 Å². The highest BCUT2D eigenvalue weighted by molar-refractivity contribution is 6.31. The van der Waals surface area contributed by atoms with E-state index in [-0.39, 0.29) is 5.91 Å². The zero-order chi connectivity index (χ0) is 12.8. The maximum absolute atomic E-state index is 11.7. The molecule has 0 aliphatic carbocycles. The van der Waals surface area contributed by atoms with E-state index in [1.807, 2.05) is 6.92 Å². The summed E-state index contributed by atoms with van der Waals surface area (Å²) in [6.07, 6.45) is 1.51. The molecule has 94 valence electrons. The second-order valence-corrected chi connectivity index (χ2v) is 4.17. The largest absolute Gasteiger partial charge is 0.495 e. The van der Waals surface area contributed by atoms with Gasteiger partial charge in [0, 0.05) is 5.02 Å². The summed E-state index contributed by atoms with van der Waals surface area (Å²) in [5.74, 6) is 0.332. The Morgan fingerprint density at radius 2 is 2.29 bits per heavy atom. The molecule has 0 bridgehead atoms. The summed E-state index contributed by atoms with van der Waals surface area (Å²) in [7, 11) is 1.53. The predicted octanol–water partition coefficient (Wildman–Crippen LogP) is 2.41. The standard InChI is InChI=1S/C12H17ClN2O2/c1-3-4-9(14)12(16)15-10-7-8(13)5-6-11(10)17-2/h5-7,9H,3-4,14H2,1-2H3,(H,15,16). The second-order valence-electron chi connectivity index (χ2n) is 3.73. The summed E-state index contributed by atoms with van der Waals surface area (Å²) in [4.78, 5) is 11.7. The summed E-state index contributed by atoms with van der Waals surface area (Å²) < 4.78 is 5.13. The number of anilines is 1. The van der Waals surface area contributed by atoms with Crippen molar-refractivity contribution in [3.05, 3.63) is 23.2 Å². The van der Waals surface area contributed by atoms with E-state index >= 15 is 0 Å². The molecule has 0 aromatic heterocycles. The monoisotopic (exact) mass is 256 g/mol. The molecule has 3 N–H and O–H groups in total. The van der Waals surface area contributed by atoms with E-state index in [2.05, 4.69) is 5.32 Å². The van der Waals surface area contributed by atoms with Crippen molar-refractivity contribution in [3.8, 4) is 5.75 Å². The van der Waals surface area contributed by atoms with Gasteiger partial charge in [-0.15, -0.1) is 0 Å². The average molecular weight is 257 g/mol. The molecule has 1 atom stereocenters. The minimum atomic E-state index is -0.510. The molecule has 0 fully saturated rings. The zero-order valence-electron chi connectivity index (χ0n) is 10.00. The number of nitrogens with one attached hydrogen (secondary N) is 1. The van der Waals surface area contributed by atoms with Crippen molar-refractivity contribution in [3.63, 3.8) is 0 Å². The number of rotatable bonds is 5. The quantitative estimate of drug-likeness (QED) is 0.850. The van der Waals surface area contributed by atoms with Crippen molar-refractivity contribution < 1.29 is 9.53 Å². The van der Waals surface area contributed by atoms with E-state index in [0.29, 0.717) is 22.9 Å². The molecule has 17 heavy (non-hydrogen) atoms. The van der Waals surface area contributed by atoms with E-state index in [1.165, 1.54) is 7.11 Å². The third-order valence-corrected chi connectivity index (χ3v) is 2.59. The van der Waals surface area contributed by atoms with Gasteiger partial charge in [-0.3, -0.25) is 4.79 Å². The van der Waals surface area contributed by atoms with Gasteiger partial charge in [-0.25, -0.2) is 0 Å². The number of halogens is 1. The van der Waals surface area contributed by atoms with Crippen molar-refractivity contribution in [2.45, 2.75) is 25.8 Å². The second kappa shape index (κ2) is 6.47. The minimum absolute atomic E-state index is 0.229. The van der Waals surface area contributed by atoms with Crippen LogP contribution in [0, 0.1) is 0 Å². The fourth-order valence-corrected chi connectivity index (χ4v) is 1.62. The normalized spacial score (nSPS) is 12.0. The highest BCUT2D eigenvalue weighted by Gasteiger charge is 2.14. The zero-order valence-corrected chi connectivity index (χ0v) is 10.8. The van der Waals surface area contributed by atoms with Gasteiger partial charge in [0.15, 0.2) is 0 Å². The molecule has 0 heterocycles. The van der Waals surface area contributed by atoms with Crippen molar-refractivity contribution in [2.24, 2.45) is 5.73 Å². The van der Waals surface area contributed by atoms with Crippen LogP contribution in [0.4, 0.5) is 5.69 Å². The van der Waals surface area contributed by atoms with Crippen LogP contribution in [-0.2, 0) is 4.79 Å². The summed E-state index contributed by atoms with van der Waals surface area (Å²) in [6, 6.07) is 4.52. The van der Waals surface area contributed by atoms with Gasteiger partial charge in [0.25, 0.3) is 0 Å². The van der Waals surface area contributed by atoms with E-state index in [1.54, 1.807) is 18.2 Å². The lowest BCUT2D eigenvalue weighted by molar-refractivity contribution is -0.117. The first-order valence-electron chi connectivity index (χ1n) is 5.48. The van der Waals surface area contributed by atoms with Crippen LogP contribution in [0.25, 0.3) is 0 Å². The van der Waals surface area contributed by atoms with Gasteiger partial charge in [0.05, 0.1) is 18.8 Å². The molecule has 1 aromatic carbocycles. The first-order valence-corrected chi connectivity index (χ1v) is 5.86. The number of benzene rings is 1. The molecule has 0 radical (unpaired) electrons. The smallest absolute Gasteiger partial charge is 0.241 e. The van der Waals surface area contributed by atoms with Crippen LogP contribution < -0.4 is 15.8 Å². The van der Waals surface area contributed by atoms with Gasteiger partial charge < -0.3 is 15.8 Å². The summed E-state index contributed by atoms with van der Waals surface area (Å²) in [5, 5.41) is 3.25. The molecule has 4 nitrogen and oxygen atoms in total. The number of nitrogens with two attached hydrogens (primary N) is 1. The Kier molecular flexibility index (Phi) is 5.25. The molecular weight excluding hydrogens is 240 g/mol. The third-order valence-electron chi connectivity index (χ3n) is 2.36. The summed E-state index contributed by atoms with van der Waals surface area (Å²) in [6.45, 7) is 1.98. The molecule has 0 saturated heterocycles. The number of amides is 1. The highest BCUT2D eigenvalue weighted by Crippen LogP contribution is 2.27. The lowest BCUT2D eigenvalue weighted by Gasteiger charge is -2.14. The first-order chi connectivity index (χ1) is 8.08. The van der Waals surface area contributed by atoms with E-state index in [9.17, 15) is 4.79 Å². The molecule has 1 unspecified atom stereocenters. The fourth-order valence-electron chi connectivity index (χ4n) is 1.45. The van der Waals surface area contributed by atoms with Gasteiger partial charge in [-0.05, 0) is 24.6 Å². The Morgan fingerprint density at radius 3 is 2.88 bits per heavy atom. The van der Waals surface area contributed by atoms with Crippen molar-refractivity contribution in [1.82, 2.24) is 0 Å². The van der Waals surface area contributed by atoms with Crippen LogP contribution in [0.5, 0.6) is 5.75 Å². The first kappa shape index (κ1) is 13.8. The topological polar surface area (TPSA) is 64.4 Å². The number of carbonyl (C=O) groups is 1. The molecule has 1 amide bonds. The van der Waals surface area contributed by atoms with Gasteiger partial charge >= 0.3 is 0 Å². The highest BCUT2D eigenvalue weighted by atomic mass is 35.5. The fraction of sp³-hybridized carbons (Fsp3) is 0.417. The van der Waals surface area contributed by atoms with Crippen molar-refractivity contribution in [2.75, 3.05) is 12.4 Å². The van der Waals surface area contributed by atoms with Gasteiger partial charge in [-0.1, -0.05) is 24.9 Å². The lowest BCUT2D eigenvalue weighted by Crippen LogP contribution is -2.35. The van der Waals surface area contributed by atoms with Crippen LogP contribution in [0.15, 0.2) is 18.2 Å². The number of hydrogen-bond acceptors (Lipinski definition) is 3. The number of ether oxygens (including phenoxy) is 1. The van der Waals surface area contributed by atoms with Crippen LogP contribution in [0.2, 0.25) is 5.02 Å². The predicted molar refractivity (Wildman–Crippen MR) is 69.5 cm³/mol. The van der Waals surface area contributed by atoms with Crippen molar-refractivity contribution in [1.29, 1.82) is 0 Å². The lowest BCUT2D eigenvalue weighted by atomic mass is 10.1. The average Bonchev–Trinajstić information content (AvgIpc) is 2.29.